The van der Waals surface area contributed by atoms with Gasteiger partial charge in [-0.3, -0.25) is 0 Å². The summed E-state index contributed by atoms with van der Waals surface area (Å²) in [5.74, 6) is 0. The lowest BCUT2D eigenvalue weighted by atomic mass is 9.81. The number of nitrogens with zero attached hydrogens (tertiary/aromatic N) is 2. The molecule has 0 fully saturated rings. The second kappa shape index (κ2) is 15.2. The van der Waals surface area contributed by atoms with Gasteiger partial charge in [-0.2, -0.15) is 0 Å². The van der Waals surface area contributed by atoms with Crippen LogP contribution in [0.25, 0.3) is 45.2 Å². The summed E-state index contributed by atoms with van der Waals surface area (Å²) < 4.78 is 0. The molecular weight excluding hydrogens is 713 g/mol. The fraction of sp³-hybridized carbons (Fsp3) is 0.0526. The first kappa shape index (κ1) is 36.0. The van der Waals surface area contributed by atoms with E-state index in [1.165, 1.54) is 49.7 Å². The van der Waals surface area contributed by atoms with E-state index in [2.05, 4.69) is 254 Å². The number of fused-ring (bicyclic) bond motifs is 4. The number of para-hydroxylation sites is 2. The zero-order chi connectivity index (χ0) is 39.8. The van der Waals surface area contributed by atoms with Gasteiger partial charge in [0.1, 0.15) is 0 Å². The van der Waals surface area contributed by atoms with Crippen molar-refractivity contribution in [2.24, 2.45) is 0 Å². The lowest BCUT2D eigenvalue weighted by Crippen LogP contribution is -2.16. The van der Waals surface area contributed by atoms with E-state index >= 15 is 0 Å². The van der Waals surface area contributed by atoms with Gasteiger partial charge in [-0.1, -0.05) is 172 Å². The van der Waals surface area contributed by atoms with Crippen LogP contribution in [0.2, 0.25) is 0 Å². The van der Waals surface area contributed by atoms with E-state index in [0.717, 1.165) is 39.7 Å². The summed E-state index contributed by atoms with van der Waals surface area (Å²) in [5, 5.41) is 2.45. The van der Waals surface area contributed by atoms with Gasteiger partial charge in [0.15, 0.2) is 0 Å². The van der Waals surface area contributed by atoms with Crippen LogP contribution in [0, 0.1) is 0 Å². The molecule has 10 rings (SSSR count). The third-order valence-corrected chi connectivity index (χ3v) is 11.8. The molecule has 282 valence electrons. The maximum Gasteiger partial charge on any atom is 0.0468 e. The minimum Gasteiger partial charge on any atom is -0.310 e. The molecule has 0 aromatic heterocycles. The predicted molar refractivity (Wildman–Crippen MR) is 252 cm³/mol. The summed E-state index contributed by atoms with van der Waals surface area (Å²) in [6.45, 7) is 4.72. The van der Waals surface area contributed by atoms with Gasteiger partial charge in [-0.05, 0) is 128 Å². The Balaban J connectivity index is 0.934. The van der Waals surface area contributed by atoms with Crippen molar-refractivity contribution in [3.05, 3.63) is 241 Å². The van der Waals surface area contributed by atoms with Gasteiger partial charge < -0.3 is 9.80 Å². The molecule has 0 unspecified atom stereocenters. The molecule has 0 aliphatic heterocycles. The van der Waals surface area contributed by atoms with Crippen LogP contribution in [0.4, 0.5) is 34.1 Å². The maximum atomic E-state index is 2.39. The van der Waals surface area contributed by atoms with Gasteiger partial charge in [-0.15, -0.1) is 0 Å². The lowest BCUT2D eigenvalue weighted by Gasteiger charge is -2.28. The van der Waals surface area contributed by atoms with Gasteiger partial charge >= 0.3 is 0 Å². The number of benzene rings is 9. The Kier molecular flexibility index (Phi) is 9.24. The number of anilines is 6. The van der Waals surface area contributed by atoms with Crippen molar-refractivity contribution >= 4 is 57.0 Å². The van der Waals surface area contributed by atoms with Crippen LogP contribution in [0.15, 0.2) is 218 Å². The Labute approximate surface area is 347 Å². The molecule has 0 amide bonds. The van der Waals surface area contributed by atoms with Crippen LogP contribution >= 0.6 is 0 Å². The predicted octanol–water partition coefficient (Wildman–Crippen LogP) is 15.9. The van der Waals surface area contributed by atoms with Gasteiger partial charge in [-0.25, -0.2) is 0 Å². The molecule has 0 heterocycles. The Morgan fingerprint density at radius 3 is 1.39 bits per heavy atom. The Hall–Kier alpha value is -7.42. The molecule has 59 heavy (non-hydrogen) atoms. The Morgan fingerprint density at radius 1 is 0.322 bits per heavy atom. The van der Waals surface area contributed by atoms with Crippen LogP contribution in [-0.4, -0.2) is 0 Å². The lowest BCUT2D eigenvalue weighted by molar-refractivity contribution is 0.660. The smallest absolute Gasteiger partial charge is 0.0468 e. The first-order valence-electron chi connectivity index (χ1n) is 20.4. The average molecular weight is 757 g/mol. The minimum atomic E-state index is -0.156. The summed E-state index contributed by atoms with van der Waals surface area (Å²) in [5.41, 5.74) is 16.7. The van der Waals surface area contributed by atoms with Crippen molar-refractivity contribution < 1.29 is 0 Å². The zero-order valence-electron chi connectivity index (χ0n) is 33.3. The van der Waals surface area contributed by atoms with E-state index in [1.807, 2.05) is 0 Å². The molecule has 0 saturated heterocycles. The molecule has 1 aliphatic carbocycles. The van der Waals surface area contributed by atoms with Gasteiger partial charge in [0.2, 0.25) is 0 Å². The van der Waals surface area contributed by atoms with Crippen LogP contribution in [0.3, 0.4) is 0 Å². The topological polar surface area (TPSA) is 6.48 Å². The zero-order valence-corrected chi connectivity index (χ0v) is 33.3. The molecule has 0 spiro atoms. The first-order valence-corrected chi connectivity index (χ1v) is 20.4. The summed E-state index contributed by atoms with van der Waals surface area (Å²) in [4.78, 5) is 4.70. The van der Waals surface area contributed by atoms with Crippen LogP contribution < -0.4 is 9.80 Å². The van der Waals surface area contributed by atoms with Gasteiger partial charge in [0, 0.05) is 39.5 Å². The molecule has 0 atom stereocenters. The normalized spacial score (nSPS) is 12.6. The number of hydrogen-bond acceptors (Lipinski definition) is 2. The summed E-state index contributed by atoms with van der Waals surface area (Å²) >= 11 is 0. The largest absolute Gasteiger partial charge is 0.310 e. The quantitative estimate of drug-likeness (QED) is 0.135. The fourth-order valence-electron chi connectivity index (χ4n) is 8.71. The van der Waals surface area contributed by atoms with E-state index in [0.29, 0.717) is 0 Å². The summed E-state index contributed by atoms with van der Waals surface area (Å²) in [6, 6.07) is 78.8. The highest BCUT2D eigenvalue weighted by molar-refractivity contribution is 5.90. The number of rotatable bonds is 9. The molecule has 9 aromatic rings. The van der Waals surface area contributed by atoms with Crippen molar-refractivity contribution in [3.63, 3.8) is 0 Å². The van der Waals surface area contributed by atoms with Crippen molar-refractivity contribution in [1.82, 2.24) is 0 Å². The summed E-state index contributed by atoms with van der Waals surface area (Å²) in [6.07, 6.45) is 4.47. The van der Waals surface area contributed by atoms with Crippen LogP contribution in [0.1, 0.15) is 36.1 Å². The fourth-order valence-corrected chi connectivity index (χ4v) is 8.71. The van der Waals surface area contributed by atoms with E-state index in [-0.39, 0.29) is 5.41 Å². The minimum absolute atomic E-state index is 0.156. The molecule has 0 radical (unpaired) electrons. The van der Waals surface area contributed by atoms with E-state index in [9.17, 15) is 0 Å². The van der Waals surface area contributed by atoms with E-state index in [4.69, 9.17) is 0 Å². The van der Waals surface area contributed by atoms with Gasteiger partial charge in [0.05, 0.1) is 0 Å². The molecule has 2 nitrogen and oxygen atoms in total. The first-order chi connectivity index (χ1) is 29.0. The van der Waals surface area contributed by atoms with Crippen molar-refractivity contribution in [3.8, 4) is 22.3 Å². The highest BCUT2D eigenvalue weighted by atomic mass is 15.1. The summed E-state index contributed by atoms with van der Waals surface area (Å²) in [7, 11) is 0. The standard InChI is InChI=1S/C57H44N2/c1-57(2)55-38-42(26-36-53(55)54-37-35-52(40-56(54)57)58(47-18-8-4-9-19-47)48-20-10-5-11-21-48)23-22-41-24-30-49(31-25-41)59(51-34-29-44-16-12-13-17-46(44)39-51)50-32-27-45(28-33-50)43-14-6-3-7-15-43/h3-40H,1-2H3. The van der Waals surface area contributed by atoms with E-state index < -0.39 is 0 Å². The second-order valence-electron chi connectivity index (χ2n) is 15.9. The molecule has 2 heteroatoms. The maximum absolute atomic E-state index is 2.39. The Bertz CT molecular complexity index is 2890. The number of hydrogen-bond donors (Lipinski definition) is 0. The molecule has 9 aromatic carbocycles. The highest BCUT2D eigenvalue weighted by Gasteiger charge is 2.36. The van der Waals surface area contributed by atoms with E-state index in [1.54, 1.807) is 0 Å². The van der Waals surface area contributed by atoms with Crippen LogP contribution in [0.5, 0.6) is 0 Å². The molecule has 0 N–H and O–H groups in total. The molecule has 0 bridgehead atoms. The third-order valence-electron chi connectivity index (χ3n) is 11.8. The van der Waals surface area contributed by atoms with Crippen molar-refractivity contribution in [2.45, 2.75) is 19.3 Å². The van der Waals surface area contributed by atoms with Crippen molar-refractivity contribution in [1.29, 1.82) is 0 Å². The highest BCUT2D eigenvalue weighted by Crippen LogP contribution is 2.51. The monoisotopic (exact) mass is 756 g/mol. The molecule has 1 aliphatic rings. The molecule has 0 saturated carbocycles. The average Bonchev–Trinajstić information content (AvgIpc) is 3.52. The SMILES string of the molecule is CC1(C)c2cc(C=Cc3ccc(N(c4ccc(-c5ccccc5)cc4)c4ccc5ccccc5c4)cc3)ccc2-c2ccc(N(c3ccccc3)c3ccccc3)cc21. The van der Waals surface area contributed by atoms with Crippen LogP contribution in [-0.2, 0) is 5.41 Å². The molecular formula is C57H44N2. The Morgan fingerprint density at radius 2 is 0.746 bits per heavy atom. The van der Waals surface area contributed by atoms with Crippen molar-refractivity contribution in [2.75, 3.05) is 9.80 Å². The second-order valence-corrected chi connectivity index (χ2v) is 15.9. The third kappa shape index (κ3) is 6.89. The van der Waals surface area contributed by atoms with Gasteiger partial charge in [0.25, 0.3) is 0 Å².